The lowest BCUT2D eigenvalue weighted by atomic mass is 9.70. The zero-order valence-corrected chi connectivity index (χ0v) is 20.2. The lowest BCUT2D eigenvalue weighted by Crippen LogP contribution is -2.56. The molecule has 4 rings (SSSR count). The number of esters is 1. The van der Waals surface area contributed by atoms with Gasteiger partial charge < -0.3 is 24.4 Å². The molecule has 0 saturated carbocycles. The minimum Gasteiger partial charge on any atom is -0.466 e. The summed E-state index contributed by atoms with van der Waals surface area (Å²) in [5.74, 6) is -2.45. The van der Waals surface area contributed by atoms with Gasteiger partial charge in [-0.2, -0.15) is 0 Å². The van der Waals surface area contributed by atoms with Crippen molar-refractivity contribution in [1.82, 2.24) is 4.90 Å². The van der Waals surface area contributed by atoms with Gasteiger partial charge in [-0.05, 0) is 57.2 Å². The number of aryl methyl sites for hydroxylation is 2. The molecule has 3 aliphatic heterocycles. The number of carbonyl (C=O) groups excluding carboxylic acids is 3. The Bertz CT molecular complexity index is 994. The van der Waals surface area contributed by atoms with Crippen LogP contribution in [0.5, 0.6) is 0 Å². The minimum atomic E-state index is -1.08. The van der Waals surface area contributed by atoms with Crippen LogP contribution in [0.1, 0.15) is 37.3 Å². The summed E-state index contributed by atoms with van der Waals surface area (Å²) in [6, 6.07) is 5.02. The maximum Gasteiger partial charge on any atom is 0.312 e. The molecule has 3 saturated heterocycles. The molecule has 2 amide bonds. The Kier molecular flexibility index (Phi) is 6.82. The monoisotopic (exact) mass is 470 g/mol. The van der Waals surface area contributed by atoms with Gasteiger partial charge in [0.15, 0.2) is 0 Å². The smallest absolute Gasteiger partial charge is 0.312 e. The van der Waals surface area contributed by atoms with E-state index in [0.29, 0.717) is 19.3 Å². The van der Waals surface area contributed by atoms with E-state index >= 15 is 0 Å². The number of anilines is 1. The third-order valence-corrected chi connectivity index (χ3v) is 7.38. The number of nitrogens with zero attached hydrogens (tertiary/aromatic N) is 2. The molecule has 34 heavy (non-hydrogen) atoms. The first-order valence-electron chi connectivity index (χ1n) is 12.1. The Hall–Kier alpha value is -2.71. The normalized spacial score (nSPS) is 29.3. The van der Waals surface area contributed by atoms with E-state index in [-0.39, 0.29) is 38.1 Å². The van der Waals surface area contributed by atoms with Gasteiger partial charge in [-0.15, -0.1) is 6.58 Å². The molecule has 3 aliphatic rings. The molecule has 8 nitrogen and oxygen atoms in total. The highest BCUT2D eigenvalue weighted by molar-refractivity contribution is 6.05. The van der Waals surface area contributed by atoms with Crippen LogP contribution in [0.3, 0.4) is 0 Å². The van der Waals surface area contributed by atoms with Gasteiger partial charge in [0.25, 0.3) is 5.91 Å². The van der Waals surface area contributed by atoms with E-state index in [0.717, 1.165) is 16.8 Å². The molecule has 3 fully saturated rings. The third-order valence-electron chi connectivity index (χ3n) is 7.38. The fourth-order valence-corrected chi connectivity index (χ4v) is 6.01. The van der Waals surface area contributed by atoms with E-state index in [2.05, 4.69) is 6.58 Å². The number of amides is 2. The fraction of sp³-hybridized carbons (Fsp3) is 0.577. The quantitative estimate of drug-likeness (QED) is 0.439. The second-order valence-corrected chi connectivity index (χ2v) is 9.44. The van der Waals surface area contributed by atoms with Gasteiger partial charge in [0.2, 0.25) is 5.91 Å². The molecule has 0 radical (unpaired) electrons. The summed E-state index contributed by atoms with van der Waals surface area (Å²) < 4.78 is 11.7. The summed E-state index contributed by atoms with van der Waals surface area (Å²) >= 11 is 0. The van der Waals surface area contributed by atoms with Crippen LogP contribution < -0.4 is 4.90 Å². The number of carbonyl (C=O) groups is 3. The first-order chi connectivity index (χ1) is 16.3. The van der Waals surface area contributed by atoms with Crippen molar-refractivity contribution in [3.8, 4) is 0 Å². The molecular formula is C26H34N2O6. The van der Waals surface area contributed by atoms with Gasteiger partial charge in [0.05, 0.1) is 24.5 Å². The number of likely N-dealkylation sites (tertiary alicyclic amines) is 1. The maximum absolute atomic E-state index is 14.3. The molecule has 2 unspecified atom stereocenters. The summed E-state index contributed by atoms with van der Waals surface area (Å²) in [6.07, 6.45) is 2.67. The fourth-order valence-electron chi connectivity index (χ4n) is 6.01. The molecule has 0 aliphatic carbocycles. The SMILES string of the molecule is C=CCN(C(=O)C1N(CCCO)C(=O)[C@@H]2[C@H](C(=O)OCC)[C@@H]3CCC12O3)c1cc(C)ccc1C. The first kappa shape index (κ1) is 24.4. The number of fused-ring (bicyclic) bond motifs is 1. The van der Waals surface area contributed by atoms with Crippen molar-refractivity contribution in [2.75, 3.05) is 31.2 Å². The Labute approximate surface area is 200 Å². The van der Waals surface area contributed by atoms with E-state index < -0.39 is 35.6 Å². The van der Waals surface area contributed by atoms with Gasteiger partial charge in [-0.3, -0.25) is 14.4 Å². The van der Waals surface area contributed by atoms with Crippen molar-refractivity contribution in [2.24, 2.45) is 11.8 Å². The number of ether oxygens (including phenoxy) is 2. The molecule has 5 atom stereocenters. The number of rotatable bonds is 9. The molecular weight excluding hydrogens is 436 g/mol. The van der Waals surface area contributed by atoms with Crippen LogP contribution in [-0.4, -0.2) is 71.8 Å². The van der Waals surface area contributed by atoms with Crippen molar-refractivity contribution in [1.29, 1.82) is 0 Å². The number of aliphatic hydroxyl groups is 1. The zero-order chi connectivity index (χ0) is 24.6. The molecule has 2 bridgehead atoms. The van der Waals surface area contributed by atoms with Gasteiger partial charge in [0, 0.05) is 25.4 Å². The predicted molar refractivity (Wildman–Crippen MR) is 126 cm³/mol. The van der Waals surface area contributed by atoms with Crippen molar-refractivity contribution < 1.29 is 29.0 Å². The van der Waals surface area contributed by atoms with Crippen LogP contribution in [0.2, 0.25) is 0 Å². The topological polar surface area (TPSA) is 96.4 Å². The number of benzene rings is 1. The standard InChI is InChI=1S/C26H34N2O6/c1-5-12-27(18-15-16(3)8-9-17(18)4)24(31)22-26-11-10-19(34-26)20(25(32)33-6-2)21(26)23(30)28(22)13-7-14-29/h5,8-9,15,19-22,29H,1,6-7,10-14H2,2-4H3/t19-,20+,21-,22?,26?/m0/s1. The Balaban J connectivity index is 1.78. The Morgan fingerprint density at radius 2 is 2.15 bits per heavy atom. The van der Waals surface area contributed by atoms with Gasteiger partial charge in [-0.1, -0.05) is 18.2 Å². The highest BCUT2D eigenvalue weighted by Gasteiger charge is 2.75. The van der Waals surface area contributed by atoms with Crippen molar-refractivity contribution in [2.45, 2.75) is 57.8 Å². The van der Waals surface area contributed by atoms with Crippen LogP contribution in [-0.2, 0) is 23.9 Å². The van der Waals surface area contributed by atoms with Crippen LogP contribution in [0.15, 0.2) is 30.9 Å². The predicted octanol–water partition coefficient (Wildman–Crippen LogP) is 2.14. The highest BCUT2D eigenvalue weighted by atomic mass is 16.6. The first-order valence-corrected chi connectivity index (χ1v) is 12.1. The van der Waals surface area contributed by atoms with E-state index in [4.69, 9.17) is 9.47 Å². The lowest BCUT2D eigenvalue weighted by molar-refractivity contribution is -0.154. The molecule has 1 N–H and O–H groups in total. The van der Waals surface area contributed by atoms with Crippen LogP contribution in [0.4, 0.5) is 5.69 Å². The third kappa shape index (κ3) is 3.73. The molecule has 184 valence electrons. The molecule has 1 aromatic rings. The molecule has 8 heteroatoms. The highest BCUT2D eigenvalue weighted by Crippen LogP contribution is 2.59. The van der Waals surface area contributed by atoms with Crippen molar-refractivity contribution in [3.05, 3.63) is 42.0 Å². The number of hydrogen-bond donors (Lipinski definition) is 1. The van der Waals surface area contributed by atoms with E-state index in [1.165, 1.54) is 4.90 Å². The lowest BCUT2D eigenvalue weighted by Gasteiger charge is -2.37. The van der Waals surface area contributed by atoms with Crippen LogP contribution >= 0.6 is 0 Å². The number of hydrogen-bond acceptors (Lipinski definition) is 6. The van der Waals surface area contributed by atoms with Gasteiger partial charge in [-0.25, -0.2) is 0 Å². The maximum atomic E-state index is 14.3. The van der Waals surface area contributed by atoms with Crippen LogP contribution in [0, 0.1) is 25.7 Å². The van der Waals surface area contributed by atoms with Gasteiger partial charge >= 0.3 is 5.97 Å². The van der Waals surface area contributed by atoms with E-state index in [9.17, 15) is 19.5 Å². The summed E-state index contributed by atoms with van der Waals surface area (Å²) in [4.78, 5) is 44.0. The zero-order valence-electron chi connectivity index (χ0n) is 20.2. The Morgan fingerprint density at radius 1 is 1.38 bits per heavy atom. The Morgan fingerprint density at radius 3 is 2.82 bits per heavy atom. The average molecular weight is 471 g/mol. The summed E-state index contributed by atoms with van der Waals surface area (Å²) in [5, 5.41) is 9.47. The molecule has 1 aromatic carbocycles. The van der Waals surface area contributed by atoms with Crippen molar-refractivity contribution >= 4 is 23.5 Å². The second-order valence-electron chi connectivity index (χ2n) is 9.44. The summed E-state index contributed by atoms with van der Waals surface area (Å²) in [7, 11) is 0. The minimum absolute atomic E-state index is 0.111. The number of aliphatic hydroxyl groups excluding tert-OH is 1. The largest absolute Gasteiger partial charge is 0.466 e. The summed E-state index contributed by atoms with van der Waals surface area (Å²) in [6.45, 7) is 10.1. The summed E-state index contributed by atoms with van der Waals surface area (Å²) in [5.41, 5.74) is 1.62. The average Bonchev–Trinajstić information content (AvgIpc) is 3.45. The van der Waals surface area contributed by atoms with E-state index in [1.54, 1.807) is 17.9 Å². The van der Waals surface area contributed by atoms with Gasteiger partial charge in [0.1, 0.15) is 11.6 Å². The van der Waals surface area contributed by atoms with E-state index in [1.807, 2.05) is 32.0 Å². The van der Waals surface area contributed by atoms with Crippen molar-refractivity contribution in [3.63, 3.8) is 0 Å². The molecule has 1 spiro atoms. The molecule has 0 aromatic heterocycles. The molecule has 3 heterocycles. The van der Waals surface area contributed by atoms with Crippen LogP contribution in [0.25, 0.3) is 0 Å². The second kappa shape index (κ2) is 9.50.